The van der Waals surface area contributed by atoms with Crippen LogP contribution in [0.25, 0.3) is 11.0 Å². The Morgan fingerprint density at radius 3 is 2.62 bits per heavy atom. The lowest BCUT2D eigenvalue weighted by Crippen LogP contribution is -2.39. The fraction of sp³-hybridized carbons (Fsp3) is 0.286. The molecule has 2 aromatic carbocycles. The van der Waals surface area contributed by atoms with E-state index in [4.69, 9.17) is 4.42 Å². The largest absolute Gasteiger partial charge is 0.459 e. The topological polar surface area (TPSA) is 83.7 Å². The van der Waals surface area contributed by atoms with Gasteiger partial charge in [0.1, 0.15) is 22.1 Å². The molecule has 2 N–H and O–H groups in total. The van der Waals surface area contributed by atoms with Crippen molar-refractivity contribution in [2.75, 3.05) is 18.8 Å². The summed E-state index contributed by atoms with van der Waals surface area (Å²) in [6, 6.07) is 14.9. The molecule has 0 saturated heterocycles. The average molecular weight is 418 g/mol. The van der Waals surface area contributed by atoms with Crippen LogP contribution in [0.2, 0.25) is 0 Å². The molecule has 0 saturated carbocycles. The van der Waals surface area contributed by atoms with Crippen LogP contribution in [0, 0.1) is 5.82 Å². The van der Waals surface area contributed by atoms with Gasteiger partial charge in [-0.15, -0.1) is 0 Å². The lowest BCUT2D eigenvalue weighted by atomic mass is 10.2. The number of hydrogen-bond donors (Lipinski definition) is 2. The van der Waals surface area contributed by atoms with Gasteiger partial charge >= 0.3 is 0 Å². The monoisotopic (exact) mass is 417 g/mol. The number of fused-ring (bicyclic) bond motifs is 1. The van der Waals surface area contributed by atoms with Crippen molar-refractivity contribution in [3.63, 3.8) is 0 Å². The number of sulfone groups is 1. The van der Waals surface area contributed by atoms with Crippen LogP contribution in [-0.2, 0) is 9.84 Å². The van der Waals surface area contributed by atoms with E-state index in [-0.39, 0.29) is 23.2 Å². The first kappa shape index (κ1) is 20.9. The molecule has 0 radical (unpaired) electrons. The van der Waals surface area contributed by atoms with Gasteiger partial charge in [-0.25, -0.2) is 12.8 Å². The zero-order valence-electron chi connectivity index (χ0n) is 16.4. The summed E-state index contributed by atoms with van der Waals surface area (Å²) >= 11 is 0. The maximum Gasteiger partial charge on any atom is 0.191 e. The fourth-order valence-electron chi connectivity index (χ4n) is 2.90. The van der Waals surface area contributed by atoms with E-state index in [9.17, 15) is 12.8 Å². The highest BCUT2D eigenvalue weighted by Crippen LogP contribution is 2.23. The van der Waals surface area contributed by atoms with Gasteiger partial charge in [0, 0.05) is 11.9 Å². The predicted molar refractivity (Wildman–Crippen MR) is 112 cm³/mol. The quantitative estimate of drug-likeness (QED) is 0.453. The smallest absolute Gasteiger partial charge is 0.191 e. The first-order valence-corrected chi connectivity index (χ1v) is 11.1. The summed E-state index contributed by atoms with van der Waals surface area (Å²) in [5, 5.41) is 7.30. The van der Waals surface area contributed by atoms with Gasteiger partial charge in [0.15, 0.2) is 15.8 Å². The number of rotatable bonds is 7. The van der Waals surface area contributed by atoms with Gasteiger partial charge in [-0.05, 0) is 38.1 Å². The van der Waals surface area contributed by atoms with E-state index in [0.29, 0.717) is 12.5 Å². The van der Waals surface area contributed by atoms with Crippen molar-refractivity contribution in [1.29, 1.82) is 0 Å². The maximum absolute atomic E-state index is 13.8. The standard InChI is InChI=1S/C21H24FN3O3S/c1-3-23-21(24-12-13-29(26,27)20-11-7-5-9-17(20)22)25-15(2)19-14-16-8-4-6-10-18(16)28-19/h4-11,14-15H,3,12-13H2,1-2H3,(H2,23,24,25). The molecule has 0 spiro atoms. The lowest BCUT2D eigenvalue weighted by Gasteiger charge is -2.16. The van der Waals surface area contributed by atoms with Gasteiger partial charge in [-0.3, -0.25) is 4.99 Å². The first-order valence-electron chi connectivity index (χ1n) is 9.41. The zero-order valence-corrected chi connectivity index (χ0v) is 17.2. The average Bonchev–Trinajstić information content (AvgIpc) is 3.12. The van der Waals surface area contributed by atoms with E-state index < -0.39 is 15.7 Å². The first-order chi connectivity index (χ1) is 13.9. The summed E-state index contributed by atoms with van der Waals surface area (Å²) in [5.41, 5.74) is 0.800. The van der Waals surface area contributed by atoms with Gasteiger partial charge in [-0.1, -0.05) is 30.3 Å². The molecular weight excluding hydrogens is 393 g/mol. The summed E-state index contributed by atoms with van der Waals surface area (Å²) < 4.78 is 44.4. The second-order valence-corrected chi connectivity index (χ2v) is 8.64. The number of nitrogens with one attached hydrogen (secondary N) is 2. The third-order valence-electron chi connectivity index (χ3n) is 4.37. The summed E-state index contributed by atoms with van der Waals surface area (Å²) in [5.74, 6) is 0.170. The van der Waals surface area contributed by atoms with E-state index in [0.717, 1.165) is 22.8 Å². The Bertz CT molecular complexity index is 1080. The molecule has 0 aliphatic rings. The SMILES string of the molecule is CCNC(=NCCS(=O)(=O)c1ccccc1F)NC(C)c1cc2ccccc2o1. The second-order valence-electron chi connectivity index (χ2n) is 6.56. The van der Waals surface area contributed by atoms with Gasteiger partial charge in [0.2, 0.25) is 0 Å². The van der Waals surface area contributed by atoms with Gasteiger partial charge in [0.25, 0.3) is 0 Å². The van der Waals surface area contributed by atoms with E-state index >= 15 is 0 Å². The minimum absolute atomic E-state index is 0.00114. The predicted octanol–water partition coefficient (Wildman–Crippen LogP) is 3.66. The highest BCUT2D eigenvalue weighted by molar-refractivity contribution is 7.91. The Morgan fingerprint density at radius 1 is 1.17 bits per heavy atom. The Morgan fingerprint density at radius 2 is 1.90 bits per heavy atom. The minimum atomic E-state index is -3.76. The number of halogens is 1. The van der Waals surface area contributed by atoms with E-state index in [2.05, 4.69) is 15.6 Å². The number of benzene rings is 2. The lowest BCUT2D eigenvalue weighted by molar-refractivity contribution is 0.488. The molecule has 0 aliphatic carbocycles. The number of nitrogens with zero attached hydrogens (tertiary/aromatic N) is 1. The highest BCUT2D eigenvalue weighted by Gasteiger charge is 2.18. The third kappa shape index (κ3) is 5.14. The van der Waals surface area contributed by atoms with E-state index in [1.54, 1.807) is 0 Å². The van der Waals surface area contributed by atoms with Crippen LogP contribution in [0.3, 0.4) is 0 Å². The van der Waals surface area contributed by atoms with E-state index in [1.165, 1.54) is 18.2 Å². The molecule has 1 unspecified atom stereocenters. The minimum Gasteiger partial charge on any atom is -0.459 e. The molecule has 0 bridgehead atoms. The normalized spacial score (nSPS) is 13.4. The zero-order chi connectivity index (χ0) is 20.9. The fourth-order valence-corrected chi connectivity index (χ4v) is 4.10. The number of guanidine groups is 1. The van der Waals surface area contributed by atoms with Crippen LogP contribution < -0.4 is 10.6 Å². The molecule has 8 heteroatoms. The Kier molecular flexibility index (Phi) is 6.53. The molecule has 0 amide bonds. The molecule has 1 aromatic heterocycles. The Hall–Kier alpha value is -2.87. The summed E-state index contributed by atoms with van der Waals surface area (Å²) in [6.45, 7) is 4.46. The Labute approximate surface area is 169 Å². The van der Waals surface area contributed by atoms with Gasteiger partial charge in [-0.2, -0.15) is 0 Å². The molecular formula is C21H24FN3O3S. The number of para-hydroxylation sites is 1. The maximum atomic E-state index is 13.8. The van der Waals surface area contributed by atoms with Crippen molar-refractivity contribution in [3.05, 3.63) is 66.2 Å². The summed E-state index contributed by atoms with van der Waals surface area (Å²) in [4.78, 5) is 4.02. The van der Waals surface area contributed by atoms with Gasteiger partial charge < -0.3 is 15.1 Å². The molecule has 6 nitrogen and oxygen atoms in total. The third-order valence-corrected chi connectivity index (χ3v) is 6.09. The molecule has 0 aliphatic heterocycles. The molecule has 0 fully saturated rings. The second kappa shape index (κ2) is 9.09. The van der Waals surface area contributed by atoms with Crippen molar-refractivity contribution >= 4 is 26.8 Å². The van der Waals surface area contributed by atoms with Crippen molar-refractivity contribution in [1.82, 2.24) is 10.6 Å². The number of hydrogen-bond acceptors (Lipinski definition) is 4. The highest BCUT2D eigenvalue weighted by atomic mass is 32.2. The van der Waals surface area contributed by atoms with Crippen molar-refractivity contribution in [3.8, 4) is 0 Å². The van der Waals surface area contributed by atoms with Crippen LogP contribution in [-0.4, -0.2) is 33.2 Å². The van der Waals surface area contributed by atoms with Crippen LogP contribution in [0.5, 0.6) is 0 Å². The Balaban J connectivity index is 1.68. The van der Waals surface area contributed by atoms with Crippen LogP contribution in [0.4, 0.5) is 4.39 Å². The van der Waals surface area contributed by atoms with Crippen LogP contribution >= 0.6 is 0 Å². The van der Waals surface area contributed by atoms with E-state index in [1.807, 2.05) is 44.2 Å². The molecule has 154 valence electrons. The number of furan rings is 1. The molecule has 3 rings (SSSR count). The van der Waals surface area contributed by atoms with Crippen molar-refractivity contribution in [2.45, 2.75) is 24.8 Å². The van der Waals surface area contributed by atoms with Crippen molar-refractivity contribution in [2.24, 2.45) is 4.99 Å². The van der Waals surface area contributed by atoms with Gasteiger partial charge in [0.05, 0.1) is 18.3 Å². The molecule has 1 atom stereocenters. The molecule has 1 heterocycles. The summed E-state index contributed by atoms with van der Waals surface area (Å²) in [6.07, 6.45) is 0. The molecule has 29 heavy (non-hydrogen) atoms. The molecule has 3 aromatic rings. The van der Waals surface area contributed by atoms with Crippen molar-refractivity contribution < 1.29 is 17.2 Å². The van der Waals surface area contributed by atoms with Crippen LogP contribution in [0.15, 0.2) is 68.9 Å². The summed E-state index contributed by atoms with van der Waals surface area (Å²) in [7, 11) is -3.76. The van der Waals surface area contributed by atoms with Crippen LogP contribution in [0.1, 0.15) is 25.6 Å². The number of aliphatic imine (C=N–C) groups is 1.